The van der Waals surface area contributed by atoms with Gasteiger partial charge in [-0.25, -0.2) is 0 Å². The molecule has 0 N–H and O–H groups in total. The van der Waals surface area contributed by atoms with Gasteiger partial charge < -0.3 is 0 Å². The molecule has 0 heterocycles. The molecule has 0 saturated carbocycles. The molecule has 0 aliphatic heterocycles. The van der Waals surface area contributed by atoms with Crippen molar-refractivity contribution in [1.82, 2.24) is 0 Å². The van der Waals surface area contributed by atoms with Crippen LogP contribution in [0.5, 0.6) is 0 Å². The number of halogens is 1. The predicted octanol–water partition coefficient (Wildman–Crippen LogP) is 2.05. The van der Waals surface area contributed by atoms with Gasteiger partial charge in [0.15, 0.2) is 0 Å². The molecule has 0 aliphatic carbocycles. The van der Waals surface area contributed by atoms with Gasteiger partial charge in [-0.15, -0.1) is 0 Å². The first kappa shape index (κ1) is 7.02. The van der Waals surface area contributed by atoms with Crippen molar-refractivity contribution in [3.8, 4) is 0 Å². The highest BCUT2D eigenvalue weighted by molar-refractivity contribution is 6.32. The molecule has 0 bridgehead atoms. The molecule has 3 nitrogen and oxygen atoms in total. The van der Waals surface area contributed by atoms with Gasteiger partial charge in [0.2, 0.25) is 0 Å². The zero-order valence-corrected chi connectivity index (χ0v) is 5.63. The molecule has 0 fully saturated rings. The molecule has 0 atom stereocenters. The first-order valence-corrected chi connectivity index (χ1v) is 2.90. The number of hydrogen-bond acceptors (Lipinski definition) is 2. The molecule has 1 aromatic rings. The molecule has 0 saturated heterocycles. The van der Waals surface area contributed by atoms with Crippen LogP contribution >= 0.6 is 11.6 Å². The lowest BCUT2D eigenvalue weighted by molar-refractivity contribution is -0.384. The van der Waals surface area contributed by atoms with Gasteiger partial charge in [0.1, 0.15) is 5.02 Å². The topological polar surface area (TPSA) is 43.1 Å². The molecule has 0 spiro atoms. The number of nitro groups is 1. The molecule has 0 aliphatic rings. The Morgan fingerprint density at radius 1 is 1.70 bits per heavy atom. The van der Waals surface area contributed by atoms with Gasteiger partial charge in [-0.05, 0) is 0 Å². The summed E-state index contributed by atoms with van der Waals surface area (Å²) in [5.74, 6) is 0. The normalized spacial score (nSPS) is 9.30. The second-order valence-electron chi connectivity index (χ2n) is 1.63. The van der Waals surface area contributed by atoms with Crippen LogP contribution in [0, 0.1) is 16.2 Å². The van der Waals surface area contributed by atoms with Crippen molar-refractivity contribution >= 4 is 17.3 Å². The number of hydrogen-bond donors (Lipinski definition) is 0. The highest BCUT2D eigenvalue weighted by Gasteiger charge is 2.08. The minimum atomic E-state index is -0.543. The molecule has 0 amide bonds. The van der Waals surface area contributed by atoms with Gasteiger partial charge in [-0.2, -0.15) is 0 Å². The third-order valence-corrected chi connectivity index (χ3v) is 1.28. The van der Waals surface area contributed by atoms with Crippen molar-refractivity contribution in [3.63, 3.8) is 0 Å². The van der Waals surface area contributed by atoms with Crippen molar-refractivity contribution in [1.29, 1.82) is 0 Å². The molecule has 1 aromatic carbocycles. The number of benzene rings is 1. The van der Waals surface area contributed by atoms with Crippen LogP contribution in [0.2, 0.25) is 5.02 Å². The highest BCUT2D eigenvalue weighted by atomic mass is 35.5. The fraction of sp³-hybridized carbons (Fsp3) is 0. The van der Waals surface area contributed by atoms with Gasteiger partial charge in [-0.3, -0.25) is 10.1 Å². The van der Waals surface area contributed by atoms with E-state index < -0.39 is 4.92 Å². The Morgan fingerprint density at radius 3 is 2.80 bits per heavy atom. The highest BCUT2D eigenvalue weighted by Crippen LogP contribution is 2.21. The number of rotatable bonds is 1. The second-order valence-corrected chi connectivity index (χ2v) is 2.00. The molecular weight excluding hydrogens is 154 g/mol. The summed E-state index contributed by atoms with van der Waals surface area (Å²) in [5, 5.41) is 10.2. The van der Waals surface area contributed by atoms with Gasteiger partial charge in [-0.1, -0.05) is 23.7 Å². The second kappa shape index (κ2) is 2.66. The van der Waals surface area contributed by atoms with Gasteiger partial charge in [0.05, 0.1) is 4.92 Å². The average molecular weight is 157 g/mol. The Kier molecular flexibility index (Phi) is 1.87. The van der Waals surface area contributed by atoms with Crippen LogP contribution in [-0.4, -0.2) is 4.92 Å². The summed E-state index contributed by atoms with van der Waals surface area (Å²) in [5.41, 5.74) is -0.107. The van der Waals surface area contributed by atoms with Crippen molar-refractivity contribution in [3.05, 3.63) is 39.4 Å². The minimum absolute atomic E-state index is 0.0486. The summed E-state index contributed by atoms with van der Waals surface area (Å²) in [6.45, 7) is 0. The molecule has 4 heteroatoms. The standard InChI is InChI=1S/C6H3ClNO2/c7-5-3-1-2-4-6(5)8(9)10/h1-2,4H. The maximum Gasteiger partial charge on any atom is 0.288 e. The van der Waals surface area contributed by atoms with E-state index in [1.807, 2.05) is 0 Å². The van der Waals surface area contributed by atoms with E-state index in [0.29, 0.717) is 0 Å². The van der Waals surface area contributed by atoms with Gasteiger partial charge in [0, 0.05) is 12.1 Å². The number of nitro benzene ring substituents is 1. The fourth-order valence-electron chi connectivity index (χ4n) is 0.549. The zero-order chi connectivity index (χ0) is 7.56. The summed E-state index contributed by atoms with van der Waals surface area (Å²) in [6.07, 6.45) is 0. The molecule has 10 heavy (non-hydrogen) atoms. The quantitative estimate of drug-likeness (QED) is 0.461. The third-order valence-electron chi connectivity index (χ3n) is 0.982. The Balaban J connectivity index is 3.15. The summed E-state index contributed by atoms with van der Waals surface area (Å²) < 4.78 is 0. The van der Waals surface area contributed by atoms with E-state index in [1.165, 1.54) is 18.2 Å². The van der Waals surface area contributed by atoms with Crippen LogP contribution in [0.1, 0.15) is 0 Å². The molecule has 1 radical (unpaired) electrons. The van der Waals surface area contributed by atoms with E-state index in [1.54, 1.807) is 0 Å². The summed E-state index contributed by atoms with van der Waals surface area (Å²) >= 11 is 5.42. The van der Waals surface area contributed by atoms with E-state index in [0.717, 1.165) is 0 Å². The van der Waals surface area contributed by atoms with E-state index in [2.05, 4.69) is 6.07 Å². The summed E-state index contributed by atoms with van der Waals surface area (Å²) in [7, 11) is 0. The van der Waals surface area contributed by atoms with Crippen molar-refractivity contribution in [2.75, 3.05) is 0 Å². The molecule has 0 aromatic heterocycles. The fourth-order valence-corrected chi connectivity index (χ4v) is 0.744. The first-order chi connectivity index (χ1) is 4.72. The molecule has 1 rings (SSSR count). The first-order valence-electron chi connectivity index (χ1n) is 2.52. The maximum absolute atomic E-state index is 10.1. The van der Waals surface area contributed by atoms with E-state index in [4.69, 9.17) is 11.6 Å². The molecule has 51 valence electrons. The van der Waals surface area contributed by atoms with Crippen LogP contribution < -0.4 is 0 Å². The Hall–Kier alpha value is -1.09. The maximum atomic E-state index is 10.1. The summed E-state index contributed by atoms with van der Waals surface area (Å²) in [4.78, 5) is 9.58. The zero-order valence-electron chi connectivity index (χ0n) is 4.87. The van der Waals surface area contributed by atoms with Gasteiger partial charge >= 0.3 is 0 Å². The van der Waals surface area contributed by atoms with Crippen molar-refractivity contribution < 1.29 is 4.92 Å². The van der Waals surface area contributed by atoms with Crippen molar-refractivity contribution in [2.24, 2.45) is 0 Å². The third kappa shape index (κ3) is 1.25. The Morgan fingerprint density at radius 2 is 2.40 bits per heavy atom. The Bertz CT molecular complexity index is 262. The minimum Gasteiger partial charge on any atom is -0.258 e. The van der Waals surface area contributed by atoms with Crippen LogP contribution in [0.3, 0.4) is 0 Å². The van der Waals surface area contributed by atoms with Crippen LogP contribution in [0.25, 0.3) is 0 Å². The SMILES string of the molecule is O=[N+]([O-])c1ccc[c]c1Cl. The Labute approximate surface area is 62.4 Å². The lowest BCUT2D eigenvalue weighted by Gasteiger charge is -1.90. The smallest absolute Gasteiger partial charge is 0.258 e. The summed E-state index contributed by atoms with van der Waals surface area (Å²) in [6, 6.07) is 6.88. The average Bonchev–Trinajstić information content (AvgIpc) is 1.88. The predicted molar refractivity (Wildman–Crippen MR) is 36.9 cm³/mol. The van der Waals surface area contributed by atoms with Crippen LogP contribution in [-0.2, 0) is 0 Å². The molecule has 0 unspecified atom stereocenters. The lowest BCUT2D eigenvalue weighted by Crippen LogP contribution is -1.87. The van der Waals surface area contributed by atoms with Crippen LogP contribution in [0.15, 0.2) is 18.2 Å². The lowest BCUT2D eigenvalue weighted by atomic mass is 10.3. The van der Waals surface area contributed by atoms with Gasteiger partial charge in [0.25, 0.3) is 5.69 Å². The van der Waals surface area contributed by atoms with E-state index in [9.17, 15) is 10.1 Å². The monoisotopic (exact) mass is 156 g/mol. The number of nitrogens with zero attached hydrogens (tertiary/aromatic N) is 1. The van der Waals surface area contributed by atoms with E-state index >= 15 is 0 Å². The van der Waals surface area contributed by atoms with E-state index in [-0.39, 0.29) is 10.7 Å². The molecular formula is C6H3ClNO2. The largest absolute Gasteiger partial charge is 0.288 e. The van der Waals surface area contributed by atoms with Crippen LogP contribution in [0.4, 0.5) is 5.69 Å². The van der Waals surface area contributed by atoms with Crippen molar-refractivity contribution in [2.45, 2.75) is 0 Å².